The Morgan fingerprint density at radius 3 is 3.17 bits per heavy atom. The van der Waals surface area contributed by atoms with Crippen LogP contribution in [0, 0.1) is 0 Å². The molecule has 0 saturated carbocycles. The summed E-state index contributed by atoms with van der Waals surface area (Å²) >= 11 is 0. The largest absolute Gasteiger partial charge is 0.506 e. The number of aromatic amines is 1. The number of rotatable bonds is 1. The summed E-state index contributed by atoms with van der Waals surface area (Å²) < 4.78 is 4.99. The highest BCUT2D eigenvalue weighted by molar-refractivity contribution is 5.88. The maximum atomic E-state index is 9.32. The molecule has 0 saturated heterocycles. The van der Waals surface area contributed by atoms with Crippen molar-refractivity contribution >= 4 is 10.9 Å². The number of H-pyrrole nitrogens is 1. The first-order valence-electron chi connectivity index (χ1n) is 3.52. The fourth-order valence-corrected chi connectivity index (χ4v) is 1.17. The second kappa shape index (κ2) is 2.41. The van der Waals surface area contributed by atoms with E-state index in [9.17, 15) is 5.11 Å². The van der Waals surface area contributed by atoms with Crippen molar-refractivity contribution in [2.75, 3.05) is 7.11 Å². The summed E-state index contributed by atoms with van der Waals surface area (Å²) in [5.74, 6) is 0.707. The van der Waals surface area contributed by atoms with Gasteiger partial charge in [-0.3, -0.25) is 0 Å². The number of ether oxygens (including phenoxy) is 1. The van der Waals surface area contributed by atoms with Crippen molar-refractivity contribution in [3.63, 3.8) is 0 Å². The lowest BCUT2D eigenvalue weighted by molar-refractivity contribution is 0.402. The zero-order valence-electron chi connectivity index (χ0n) is 6.53. The number of nitrogens with one attached hydrogen (secondary N) is 1. The maximum absolute atomic E-state index is 9.32. The van der Waals surface area contributed by atoms with E-state index in [0.717, 1.165) is 10.9 Å². The van der Waals surface area contributed by atoms with E-state index in [0.29, 0.717) is 5.88 Å². The molecular weight excluding hydrogens is 156 g/mol. The molecule has 0 aliphatic heterocycles. The molecule has 0 unspecified atom stereocenters. The summed E-state index contributed by atoms with van der Waals surface area (Å²) in [5.41, 5.74) is 0.720. The Morgan fingerprint density at radius 2 is 2.42 bits per heavy atom. The fourth-order valence-electron chi connectivity index (χ4n) is 1.17. The Balaban J connectivity index is 2.81. The van der Waals surface area contributed by atoms with E-state index >= 15 is 0 Å². The van der Waals surface area contributed by atoms with Gasteiger partial charge in [0.25, 0.3) is 0 Å². The van der Waals surface area contributed by atoms with Gasteiger partial charge in [0.05, 0.1) is 7.11 Å². The van der Waals surface area contributed by atoms with E-state index in [4.69, 9.17) is 4.74 Å². The lowest BCUT2D eigenvalue weighted by Crippen LogP contribution is -1.87. The van der Waals surface area contributed by atoms with Crippen LogP contribution in [-0.4, -0.2) is 22.2 Å². The van der Waals surface area contributed by atoms with Gasteiger partial charge in [0.15, 0.2) is 0 Å². The molecule has 0 aliphatic carbocycles. The van der Waals surface area contributed by atoms with Gasteiger partial charge in [-0.25, -0.2) is 4.98 Å². The van der Waals surface area contributed by atoms with Crippen molar-refractivity contribution < 1.29 is 9.84 Å². The second-order valence-corrected chi connectivity index (χ2v) is 2.42. The maximum Gasteiger partial charge on any atom is 0.238 e. The molecule has 12 heavy (non-hydrogen) atoms. The minimum absolute atomic E-state index is 0.214. The zero-order valence-corrected chi connectivity index (χ0v) is 6.53. The fraction of sp³-hybridized carbons (Fsp3) is 0.125. The van der Waals surface area contributed by atoms with Crippen LogP contribution in [0.25, 0.3) is 10.9 Å². The molecule has 4 heteroatoms. The average molecular weight is 164 g/mol. The summed E-state index contributed by atoms with van der Waals surface area (Å²) in [5, 5.41) is 10.0. The van der Waals surface area contributed by atoms with Gasteiger partial charge in [0, 0.05) is 17.8 Å². The quantitative estimate of drug-likeness (QED) is 0.667. The predicted octanol–water partition coefficient (Wildman–Crippen LogP) is 1.28. The van der Waals surface area contributed by atoms with Crippen LogP contribution in [0.2, 0.25) is 0 Å². The Bertz CT molecular complexity index is 408. The van der Waals surface area contributed by atoms with Gasteiger partial charge in [-0.05, 0) is 6.07 Å². The summed E-state index contributed by atoms with van der Waals surface area (Å²) in [6.45, 7) is 0. The predicted molar refractivity (Wildman–Crippen MR) is 44.3 cm³/mol. The van der Waals surface area contributed by atoms with E-state index in [-0.39, 0.29) is 5.75 Å². The van der Waals surface area contributed by atoms with Gasteiger partial charge >= 0.3 is 0 Å². The van der Waals surface area contributed by atoms with Crippen LogP contribution < -0.4 is 4.74 Å². The SMILES string of the molecule is COc1nccc2c(O)c[nH]c12. The molecule has 0 amide bonds. The number of hydrogen-bond acceptors (Lipinski definition) is 3. The highest BCUT2D eigenvalue weighted by Gasteiger charge is 2.06. The molecule has 0 fully saturated rings. The average Bonchev–Trinajstić information content (AvgIpc) is 2.48. The van der Waals surface area contributed by atoms with Gasteiger partial charge in [-0.1, -0.05) is 0 Å². The molecule has 0 aromatic carbocycles. The highest BCUT2D eigenvalue weighted by atomic mass is 16.5. The smallest absolute Gasteiger partial charge is 0.238 e. The number of aromatic hydroxyl groups is 1. The monoisotopic (exact) mass is 164 g/mol. The third-order valence-corrected chi connectivity index (χ3v) is 1.74. The van der Waals surface area contributed by atoms with E-state index < -0.39 is 0 Å². The molecule has 4 nitrogen and oxygen atoms in total. The standard InChI is InChI=1S/C8H8N2O2/c1-12-8-7-5(2-3-9-8)6(11)4-10-7/h2-4,10-11H,1H3. The molecular formula is C8H8N2O2. The van der Waals surface area contributed by atoms with Crippen LogP contribution in [-0.2, 0) is 0 Å². The molecule has 0 radical (unpaired) electrons. The van der Waals surface area contributed by atoms with Crippen molar-refractivity contribution in [1.82, 2.24) is 9.97 Å². The van der Waals surface area contributed by atoms with Crippen LogP contribution in [0.4, 0.5) is 0 Å². The lowest BCUT2D eigenvalue weighted by atomic mass is 10.3. The zero-order chi connectivity index (χ0) is 8.55. The van der Waals surface area contributed by atoms with Gasteiger partial charge in [-0.15, -0.1) is 0 Å². The van der Waals surface area contributed by atoms with Gasteiger partial charge in [0.1, 0.15) is 11.3 Å². The van der Waals surface area contributed by atoms with Crippen molar-refractivity contribution in [3.05, 3.63) is 18.5 Å². The molecule has 0 aliphatic rings. The van der Waals surface area contributed by atoms with Gasteiger partial charge in [-0.2, -0.15) is 0 Å². The van der Waals surface area contributed by atoms with Crippen LogP contribution in [0.15, 0.2) is 18.5 Å². The van der Waals surface area contributed by atoms with Crippen LogP contribution in [0.5, 0.6) is 11.6 Å². The first kappa shape index (κ1) is 6.97. The van der Waals surface area contributed by atoms with E-state index in [1.807, 2.05) is 0 Å². The molecule has 2 N–H and O–H groups in total. The van der Waals surface area contributed by atoms with Crippen LogP contribution in [0.3, 0.4) is 0 Å². The Labute approximate surface area is 68.8 Å². The molecule has 62 valence electrons. The molecule has 2 rings (SSSR count). The summed E-state index contributed by atoms with van der Waals surface area (Å²) in [6, 6.07) is 1.73. The van der Waals surface area contributed by atoms with E-state index in [1.54, 1.807) is 19.4 Å². The molecule has 0 spiro atoms. The van der Waals surface area contributed by atoms with Crippen molar-refractivity contribution in [1.29, 1.82) is 0 Å². The Hall–Kier alpha value is -1.71. The second-order valence-electron chi connectivity index (χ2n) is 2.42. The number of aromatic nitrogens is 2. The number of fused-ring (bicyclic) bond motifs is 1. The first-order chi connectivity index (χ1) is 5.83. The van der Waals surface area contributed by atoms with Gasteiger partial charge in [0.2, 0.25) is 5.88 Å². The van der Waals surface area contributed by atoms with Crippen molar-refractivity contribution in [2.24, 2.45) is 0 Å². The van der Waals surface area contributed by atoms with Gasteiger partial charge < -0.3 is 14.8 Å². The first-order valence-corrected chi connectivity index (χ1v) is 3.52. The molecule has 2 aromatic rings. The van der Waals surface area contributed by atoms with Crippen molar-refractivity contribution in [2.45, 2.75) is 0 Å². The molecule has 2 heterocycles. The summed E-state index contributed by atoms with van der Waals surface area (Å²) in [6.07, 6.45) is 3.10. The Morgan fingerprint density at radius 1 is 1.58 bits per heavy atom. The normalized spacial score (nSPS) is 10.4. The summed E-state index contributed by atoms with van der Waals surface area (Å²) in [4.78, 5) is 6.84. The minimum Gasteiger partial charge on any atom is -0.506 e. The molecule has 0 atom stereocenters. The molecule has 0 bridgehead atoms. The highest BCUT2D eigenvalue weighted by Crippen LogP contribution is 2.28. The van der Waals surface area contributed by atoms with E-state index in [2.05, 4.69) is 9.97 Å². The van der Waals surface area contributed by atoms with Crippen molar-refractivity contribution in [3.8, 4) is 11.6 Å². The number of nitrogens with zero attached hydrogens (tertiary/aromatic N) is 1. The minimum atomic E-state index is 0.214. The molecule has 2 aromatic heterocycles. The third kappa shape index (κ3) is 0.812. The number of methoxy groups -OCH3 is 1. The topological polar surface area (TPSA) is 58.1 Å². The van der Waals surface area contributed by atoms with E-state index in [1.165, 1.54) is 6.20 Å². The lowest BCUT2D eigenvalue weighted by Gasteiger charge is -1.98. The summed E-state index contributed by atoms with van der Waals surface area (Å²) in [7, 11) is 1.54. The number of pyridine rings is 1. The van der Waals surface area contributed by atoms with Crippen LogP contribution >= 0.6 is 0 Å². The Kier molecular flexibility index (Phi) is 1.40. The third-order valence-electron chi connectivity index (χ3n) is 1.74. The van der Waals surface area contributed by atoms with Crippen LogP contribution in [0.1, 0.15) is 0 Å². The number of hydrogen-bond donors (Lipinski definition) is 2.